The second-order valence-corrected chi connectivity index (χ2v) is 6.23. The van der Waals surface area contributed by atoms with Gasteiger partial charge in [0.2, 0.25) is 0 Å². The number of aryl methyl sites for hydroxylation is 1. The predicted octanol–water partition coefficient (Wildman–Crippen LogP) is 2.99. The molecule has 5 nitrogen and oxygen atoms in total. The number of amides is 1. The summed E-state index contributed by atoms with van der Waals surface area (Å²) in [5.41, 5.74) is 0.778. The summed E-state index contributed by atoms with van der Waals surface area (Å²) in [4.78, 5) is 25.0. The van der Waals surface area contributed by atoms with Crippen LogP contribution < -0.4 is 10.4 Å². The van der Waals surface area contributed by atoms with Crippen LogP contribution in [0, 0.1) is 0 Å². The molecule has 1 unspecified atom stereocenters. The minimum absolute atomic E-state index is 0.0198. The lowest BCUT2D eigenvalue weighted by molar-refractivity contribution is -0.138. The van der Waals surface area contributed by atoms with Gasteiger partial charge in [-0.1, -0.05) is 6.92 Å². The van der Waals surface area contributed by atoms with Crippen molar-refractivity contribution in [1.82, 2.24) is 4.90 Å². The first kappa shape index (κ1) is 17.4. The Morgan fingerprint density at radius 3 is 2.80 bits per heavy atom. The van der Waals surface area contributed by atoms with E-state index in [0.29, 0.717) is 17.8 Å². The Morgan fingerprint density at radius 2 is 2.16 bits per heavy atom. The molecule has 134 valence electrons. The summed E-state index contributed by atoms with van der Waals surface area (Å²) < 4.78 is 37.3. The van der Waals surface area contributed by atoms with Gasteiger partial charge in [0.05, 0.1) is 6.54 Å². The molecule has 25 heavy (non-hydrogen) atoms. The van der Waals surface area contributed by atoms with Crippen LogP contribution in [0.1, 0.15) is 25.8 Å². The van der Waals surface area contributed by atoms with E-state index in [4.69, 9.17) is 9.15 Å². The summed E-state index contributed by atoms with van der Waals surface area (Å²) in [6.45, 7) is 2.89. The Bertz CT molecular complexity index is 862. The number of hydrogen-bond acceptors (Lipinski definition) is 4. The highest BCUT2D eigenvalue weighted by molar-refractivity contribution is 5.83. The molecule has 1 saturated heterocycles. The van der Waals surface area contributed by atoms with Crippen molar-refractivity contribution < 1.29 is 22.7 Å². The van der Waals surface area contributed by atoms with Crippen molar-refractivity contribution in [2.75, 3.05) is 13.1 Å². The quantitative estimate of drug-likeness (QED) is 0.795. The van der Waals surface area contributed by atoms with Crippen LogP contribution >= 0.6 is 0 Å². The van der Waals surface area contributed by atoms with Crippen LogP contribution in [0.5, 0.6) is 5.75 Å². The van der Waals surface area contributed by atoms with E-state index in [-0.39, 0.29) is 13.0 Å². The third kappa shape index (κ3) is 3.65. The van der Waals surface area contributed by atoms with Crippen molar-refractivity contribution in [1.29, 1.82) is 0 Å². The molecule has 2 heterocycles. The van der Waals surface area contributed by atoms with E-state index >= 15 is 0 Å². The summed E-state index contributed by atoms with van der Waals surface area (Å²) in [6.07, 6.45) is -0.556. The summed E-state index contributed by atoms with van der Waals surface area (Å²) in [6, 6.07) is 6.42. The third-order valence-corrected chi connectivity index (χ3v) is 4.32. The highest BCUT2D eigenvalue weighted by Crippen LogP contribution is 2.28. The van der Waals surface area contributed by atoms with E-state index < -0.39 is 30.1 Å². The molecule has 2 aromatic rings. The number of fused-ring (bicyclic) bond motifs is 1. The Hall–Kier alpha value is -2.44. The first-order chi connectivity index (χ1) is 11.8. The number of ether oxygens (including phenoxy) is 1. The number of likely N-dealkylation sites (tertiary alicyclic amines) is 1. The molecule has 7 heteroatoms. The van der Waals surface area contributed by atoms with E-state index in [1.54, 1.807) is 12.1 Å². The van der Waals surface area contributed by atoms with Crippen LogP contribution in [0.3, 0.4) is 0 Å². The lowest BCUT2D eigenvalue weighted by atomic mass is 10.1. The van der Waals surface area contributed by atoms with Gasteiger partial charge >= 0.3 is 5.63 Å². The molecule has 1 aliphatic rings. The van der Waals surface area contributed by atoms with Crippen molar-refractivity contribution in [3.05, 3.63) is 40.2 Å². The molecule has 0 spiro atoms. The molecular formula is C18H19F2NO4. The normalized spacial score (nSPS) is 17.7. The van der Waals surface area contributed by atoms with Crippen LogP contribution in [-0.2, 0) is 11.2 Å². The summed E-state index contributed by atoms with van der Waals surface area (Å²) >= 11 is 0. The number of rotatable bonds is 4. The molecule has 1 aromatic heterocycles. The largest absolute Gasteiger partial charge is 0.481 e. The molecule has 0 saturated carbocycles. The summed E-state index contributed by atoms with van der Waals surface area (Å²) in [5.74, 6) is -2.98. The molecule has 1 aliphatic heterocycles. The van der Waals surface area contributed by atoms with E-state index in [1.807, 2.05) is 6.92 Å². The second-order valence-electron chi connectivity index (χ2n) is 6.23. The first-order valence-corrected chi connectivity index (χ1v) is 8.19. The average molecular weight is 351 g/mol. The van der Waals surface area contributed by atoms with E-state index in [0.717, 1.165) is 15.8 Å². The zero-order valence-corrected chi connectivity index (χ0v) is 14.1. The van der Waals surface area contributed by atoms with Crippen molar-refractivity contribution in [2.45, 2.75) is 38.7 Å². The molecule has 0 aliphatic carbocycles. The van der Waals surface area contributed by atoms with Gasteiger partial charge in [0, 0.05) is 30.5 Å². The van der Waals surface area contributed by atoms with Gasteiger partial charge in [0.15, 0.2) is 6.10 Å². The van der Waals surface area contributed by atoms with Gasteiger partial charge < -0.3 is 14.1 Å². The molecule has 1 fully saturated rings. The molecule has 3 rings (SSSR count). The van der Waals surface area contributed by atoms with Crippen molar-refractivity contribution in [3.8, 4) is 5.75 Å². The maximum Gasteiger partial charge on any atom is 0.336 e. The number of benzene rings is 1. The molecule has 1 amide bonds. The van der Waals surface area contributed by atoms with Gasteiger partial charge in [-0.3, -0.25) is 4.79 Å². The second kappa shape index (κ2) is 6.46. The van der Waals surface area contributed by atoms with Crippen molar-refractivity contribution >= 4 is 16.9 Å². The lowest BCUT2D eigenvalue weighted by Gasteiger charge is -2.21. The number of carbonyl (C=O) groups excluding carboxylic acids is 1. The van der Waals surface area contributed by atoms with Crippen LogP contribution in [0.25, 0.3) is 11.0 Å². The third-order valence-electron chi connectivity index (χ3n) is 4.32. The average Bonchev–Trinajstić information content (AvgIpc) is 2.92. The maximum atomic E-state index is 13.3. The molecule has 1 aromatic carbocycles. The van der Waals surface area contributed by atoms with Gasteiger partial charge in [0.1, 0.15) is 11.3 Å². The van der Waals surface area contributed by atoms with Gasteiger partial charge in [-0.05, 0) is 31.0 Å². The Balaban J connectivity index is 1.78. The Morgan fingerprint density at radius 1 is 1.40 bits per heavy atom. The lowest BCUT2D eigenvalue weighted by Crippen LogP contribution is -2.40. The number of alkyl halides is 2. The summed E-state index contributed by atoms with van der Waals surface area (Å²) in [5, 5.41) is 0.799. The number of halogens is 2. The summed E-state index contributed by atoms with van der Waals surface area (Å²) in [7, 11) is 0. The number of nitrogens with zero attached hydrogens (tertiary/aromatic N) is 1. The van der Waals surface area contributed by atoms with E-state index in [9.17, 15) is 18.4 Å². The minimum atomic E-state index is -2.84. The number of hydrogen-bond donors (Lipinski definition) is 0. The topological polar surface area (TPSA) is 59.8 Å². The maximum absolute atomic E-state index is 13.3. The minimum Gasteiger partial charge on any atom is -0.481 e. The van der Waals surface area contributed by atoms with Gasteiger partial charge in [-0.15, -0.1) is 0 Å². The van der Waals surface area contributed by atoms with Gasteiger partial charge in [-0.25, -0.2) is 13.6 Å². The molecular weight excluding hydrogens is 332 g/mol. The van der Waals surface area contributed by atoms with Crippen molar-refractivity contribution in [2.24, 2.45) is 0 Å². The molecule has 1 atom stereocenters. The molecule has 0 radical (unpaired) electrons. The SMILES string of the molecule is CCc1cc(=O)oc2cc(OC(C)C(=O)N3CCC(F)(F)C3)ccc12. The first-order valence-electron chi connectivity index (χ1n) is 8.19. The van der Waals surface area contributed by atoms with E-state index in [1.165, 1.54) is 19.1 Å². The number of carbonyl (C=O) groups is 1. The Kier molecular flexibility index (Phi) is 4.49. The smallest absolute Gasteiger partial charge is 0.336 e. The van der Waals surface area contributed by atoms with Gasteiger partial charge in [0.25, 0.3) is 11.8 Å². The molecule has 0 N–H and O–H groups in total. The van der Waals surface area contributed by atoms with Crippen LogP contribution in [0.15, 0.2) is 33.5 Å². The highest BCUT2D eigenvalue weighted by atomic mass is 19.3. The van der Waals surface area contributed by atoms with Crippen molar-refractivity contribution in [3.63, 3.8) is 0 Å². The van der Waals surface area contributed by atoms with Gasteiger partial charge in [-0.2, -0.15) is 0 Å². The van der Waals surface area contributed by atoms with Crippen LogP contribution in [0.2, 0.25) is 0 Å². The van der Waals surface area contributed by atoms with Crippen LogP contribution in [0.4, 0.5) is 8.78 Å². The fraction of sp³-hybridized carbons (Fsp3) is 0.444. The standard InChI is InChI=1S/C18H19F2NO4/c1-3-12-8-16(22)25-15-9-13(4-5-14(12)15)24-11(2)17(23)21-7-6-18(19,20)10-21/h4-5,8-9,11H,3,6-7,10H2,1-2H3. The fourth-order valence-corrected chi connectivity index (χ4v) is 3.01. The van der Waals surface area contributed by atoms with Crippen LogP contribution in [-0.4, -0.2) is 35.9 Å². The highest BCUT2D eigenvalue weighted by Gasteiger charge is 2.41. The monoisotopic (exact) mass is 351 g/mol. The van der Waals surface area contributed by atoms with E-state index in [2.05, 4.69) is 0 Å². The predicted molar refractivity (Wildman–Crippen MR) is 88.1 cm³/mol. The molecule has 0 bridgehead atoms. The zero-order valence-electron chi connectivity index (χ0n) is 14.1. The Labute approximate surface area is 143 Å². The zero-order chi connectivity index (χ0) is 18.2. The fourth-order valence-electron chi connectivity index (χ4n) is 3.01.